The summed E-state index contributed by atoms with van der Waals surface area (Å²) < 4.78 is 14.8. The second-order valence-corrected chi connectivity index (χ2v) is 6.98. The molecule has 28 heavy (non-hydrogen) atoms. The summed E-state index contributed by atoms with van der Waals surface area (Å²) in [4.78, 5) is 7.37. The second kappa shape index (κ2) is 7.44. The molecule has 2 aromatic heterocycles. The molecule has 6 heteroatoms. The van der Waals surface area contributed by atoms with E-state index in [0.717, 1.165) is 10.9 Å². The standard InChI is InChI=1S/C22H17ClFN3O/c1-13-9-11-25-18(12-13)27-21(19-16(23)5-2-6-17(19)24)15-8-7-14-4-3-10-26-20(14)22(15)28/h2-12,21,28H,1H3,(H,25,27)/p+1/t21-/m0/s1. The third kappa shape index (κ3) is 3.37. The van der Waals surface area contributed by atoms with Gasteiger partial charge in [0.15, 0.2) is 6.04 Å². The van der Waals surface area contributed by atoms with Crippen molar-refractivity contribution < 1.29 is 14.5 Å². The number of rotatable bonds is 4. The highest BCUT2D eigenvalue weighted by atomic mass is 35.5. The Morgan fingerprint density at radius 1 is 1.14 bits per heavy atom. The molecule has 0 aliphatic carbocycles. The lowest BCUT2D eigenvalue weighted by molar-refractivity contribution is -0.361. The number of phenolic OH excluding ortho intramolecular Hbond substituents is 1. The average molecular weight is 395 g/mol. The van der Waals surface area contributed by atoms with Gasteiger partial charge < -0.3 is 5.11 Å². The van der Waals surface area contributed by atoms with E-state index in [4.69, 9.17) is 11.6 Å². The van der Waals surface area contributed by atoms with Gasteiger partial charge in [0.05, 0.1) is 16.8 Å². The second-order valence-electron chi connectivity index (χ2n) is 6.57. The summed E-state index contributed by atoms with van der Waals surface area (Å²) in [5.74, 6) is 0.200. The third-order valence-electron chi connectivity index (χ3n) is 4.64. The molecule has 0 aliphatic rings. The Kier molecular flexibility index (Phi) is 4.84. The summed E-state index contributed by atoms with van der Waals surface area (Å²) in [6, 6.07) is 14.9. The molecule has 4 nitrogen and oxygen atoms in total. The van der Waals surface area contributed by atoms with Crippen molar-refractivity contribution in [3.63, 3.8) is 0 Å². The number of hydrogen-bond acceptors (Lipinski definition) is 3. The van der Waals surface area contributed by atoms with Crippen LogP contribution in [0.2, 0.25) is 5.02 Å². The van der Waals surface area contributed by atoms with Crippen molar-refractivity contribution in [3.8, 4) is 5.75 Å². The maximum atomic E-state index is 14.8. The fourth-order valence-electron chi connectivity index (χ4n) is 3.29. The molecule has 4 aromatic rings. The quantitative estimate of drug-likeness (QED) is 0.508. The largest absolute Gasteiger partial charge is 0.505 e. The van der Waals surface area contributed by atoms with E-state index in [1.807, 2.05) is 31.2 Å². The number of halogens is 2. The van der Waals surface area contributed by atoms with Gasteiger partial charge in [0.2, 0.25) is 0 Å². The van der Waals surface area contributed by atoms with Gasteiger partial charge in [-0.15, -0.1) is 0 Å². The summed E-state index contributed by atoms with van der Waals surface area (Å²) in [5.41, 5.74) is 2.22. The minimum atomic E-state index is -0.724. The van der Waals surface area contributed by atoms with E-state index in [2.05, 4.69) is 15.3 Å². The van der Waals surface area contributed by atoms with Crippen LogP contribution in [0.3, 0.4) is 0 Å². The van der Waals surface area contributed by atoms with Crippen LogP contribution in [-0.4, -0.2) is 10.1 Å². The molecule has 0 spiro atoms. The van der Waals surface area contributed by atoms with Gasteiger partial charge in [-0.05, 0) is 42.8 Å². The fraction of sp³-hybridized carbons (Fsp3) is 0.0909. The summed E-state index contributed by atoms with van der Waals surface area (Å²) in [6.45, 7) is 1.96. The Morgan fingerprint density at radius 3 is 2.79 bits per heavy atom. The molecule has 0 amide bonds. The van der Waals surface area contributed by atoms with Crippen LogP contribution in [0.15, 0.2) is 67.0 Å². The smallest absolute Gasteiger partial charge is 0.273 e. The van der Waals surface area contributed by atoms with E-state index >= 15 is 0 Å². The number of fused-ring (bicyclic) bond motifs is 1. The number of aromatic amines is 1. The molecule has 3 N–H and O–H groups in total. The minimum Gasteiger partial charge on any atom is -0.505 e. The maximum Gasteiger partial charge on any atom is 0.273 e. The van der Waals surface area contributed by atoms with E-state index in [9.17, 15) is 9.50 Å². The van der Waals surface area contributed by atoms with E-state index in [1.165, 1.54) is 6.07 Å². The number of pyridine rings is 2. The zero-order chi connectivity index (χ0) is 19.7. The van der Waals surface area contributed by atoms with Crippen LogP contribution in [0.4, 0.5) is 10.2 Å². The van der Waals surface area contributed by atoms with Crippen molar-refractivity contribution in [1.29, 1.82) is 0 Å². The molecule has 0 radical (unpaired) electrons. The van der Waals surface area contributed by atoms with Gasteiger partial charge in [-0.1, -0.05) is 29.8 Å². The van der Waals surface area contributed by atoms with E-state index in [-0.39, 0.29) is 16.3 Å². The Balaban J connectivity index is 1.92. The van der Waals surface area contributed by atoms with E-state index < -0.39 is 11.9 Å². The van der Waals surface area contributed by atoms with Gasteiger partial charge in [-0.3, -0.25) is 10.3 Å². The Bertz CT molecular complexity index is 1150. The molecule has 0 saturated carbocycles. The highest BCUT2D eigenvalue weighted by molar-refractivity contribution is 6.31. The highest BCUT2D eigenvalue weighted by Gasteiger charge is 2.29. The van der Waals surface area contributed by atoms with Crippen LogP contribution in [0.25, 0.3) is 10.9 Å². The molecule has 0 bridgehead atoms. The van der Waals surface area contributed by atoms with Crippen molar-refractivity contribution in [2.24, 2.45) is 0 Å². The lowest BCUT2D eigenvalue weighted by atomic mass is 9.95. The fourth-order valence-corrected chi connectivity index (χ4v) is 3.56. The lowest BCUT2D eigenvalue weighted by Gasteiger charge is -2.19. The van der Waals surface area contributed by atoms with Crippen molar-refractivity contribution in [2.75, 3.05) is 5.32 Å². The van der Waals surface area contributed by atoms with Crippen LogP contribution in [0.1, 0.15) is 22.7 Å². The number of nitrogens with one attached hydrogen (secondary N) is 2. The van der Waals surface area contributed by atoms with E-state index in [1.54, 1.807) is 36.7 Å². The number of aromatic nitrogens is 2. The topological polar surface area (TPSA) is 59.3 Å². The first kappa shape index (κ1) is 18.2. The molecule has 4 rings (SSSR count). The molecule has 0 fully saturated rings. The van der Waals surface area contributed by atoms with Gasteiger partial charge in [0.1, 0.15) is 17.1 Å². The minimum absolute atomic E-state index is 0.0115. The normalized spacial score (nSPS) is 12.1. The SMILES string of the molecule is Cc1cc[nH+]c(N[C@@H](c2ccc3cccnc3c2O)c2c(F)cccc2Cl)c1. The first-order valence-corrected chi connectivity index (χ1v) is 9.18. The van der Waals surface area contributed by atoms with Gasteiger partial charge in [0.25, 0.3) is 5.82 Å². The molecule has 1 atom stereocenters. The summed E-state index contributed by atoms with van der Waals surface area (Å²) >= 11 is 6.35. The van der Waals surface area contributed by atoms with Crippen LogP contribution in [0.5, 0.6) is 5.75 Å². The molecule has 0 saturated heterocycles. The zero-order valence-corrected chi connectivity index (χ0v) is 15.8. The number of hydrogen-bond donors (Lipinski definition) is 2. The predicted molar refractivity (Wildman–Crippen MR) is 108 cm³/mol. The van der Waals surface area contributed by atoms with Gasteiger partial charge in [-0.2, -0.15) is 0 Å². The number of aromatic hydroxyl groups is 1. The van der Waals surface area contributed by atoms with Crippen LogP contribution >= 0.6 is 11.6 Å². The Hall–Kier alpha value is -3.18. The number of phenols is 1. The molecule has 2 aromatic carbocycles. The first-order chi connectivity index (χ1) is 13.5. The van der Waals surface area contributed by atoms with Crippen molar-refractivity contribution in [1.82, 2.24) is 4.98 Å². The number of nitrogens with zero attached hydrogens (tertiary/aromatic N) is 1. The van der Waals surface area contributed by atoms with E-state index in [0.29, 0.717) is 16.9 Å². The van der Waals surface area contributed by atoms with Gasteiger partial charge >= 0.3 is 0 Å². The van der Waals surface area contributed by atoms with Gasteiger partial charge in [-0.25, -0.2) is 9.37 Å². The van der Waals surface area contributed by atoms with Crippen molar-refractivity contribution >= 4 is 28.3 Å². The van der Waals surface area contributed by atoms with Crippen molar-refractivity contribution in [3.05, 3.63) is 94.5 Å². The maximum absolute atomic E-state index is 14.8. The van der Waals surface area contributed by atoms with Crippen LogP contribution in [-0.2, 0) is 0 Å². The average Bonchev–Trinajstić information content (AvgIpc) is 2.68. The predicted octanol–water partition coefficient (Wildman–Crippen LogP) is 5.06. The molecule has 0 unspecified atom stereocenters. The summed E-state index contributed by atoms with van der Waals surface area (Å²) in [6.07, 6.45) is 3.40. The molecular formula is C22H18ClFN3O+. The molecule has 2 heterocycles. The molecule has 0 aliphatic heterocycles. The number of aryl methyl sites for hydroxylation is 1. The van der Waals surface area contributed by atoms with Crippen molar-refractivity contribution in [2.45, 2.75) is 13.0 Å². The number of anilines is 1. The third-order valence-corrected chi connectivity index (χ3v) is 4.96. The molecular weight excluding hydrogens is 377 g/mol. The zero-order valence-electron chi connectivity index (χ0n) is 15.1. The van der Waals surface area contributed by atoms with Crippen LogP contribution in [0, 0.1) is 12.7 Å². The lowest BCUT2D eigenvalue weighted by Crippen LogP contribution is -2.20. The number of benzene rings is 2. The van der Waals surface area contributed by atoms with Gasteiger partial charge in [0, 0.05) is 23.2 Å². The number of H-pyrrole nitrogens is 1. The summed E-state index contributed by atoms with van der Waals surface area (Å²) in [5, 5.41) is 15.3. The first-order valence-electron chi connectivity index (χ1n) is 8.80. The monoisotopic (exact) mass is 394 g/mol. The van der Waals surface area contributed by atoms with Crippen LogP contribution < -0.4 is 10.3 Å². The Morgan fingerprint density at radius 2 is 2.00 bits per heavy atom. The molecule has 140 valence electrons. The summed E-state index contributed by atoms with van der Waals surface area (Å²) in [7, 11) is 0. The Labute approximate surface area is 166 Å². The highest BCUT2D eigenvalue weighted by Crippen LogP contribution is 2.39.